The van der Waals surface area contributed by atoms with Crippen molar-refractivity contribution in [2.75, 3.05) is 6.61 Å². The highest BCUT2D eigenvalue weighted by Gasteiger charge is 2.16. The van der Waals surface area contributed by atoms with Crippen molar-refractivity contribution in [1.82, 2.24) is 0 Å². The molecule has 4 nitrogen and oxygen atoms in total. The Morgan fingerprint density at radius 2 is 2.38 bits per heavy atom. The molecule has 88 valence electrons. The second-order valence-electron chi connectivity index (χ2n) is 4.25. The van der Waals surface area contributed by atoms with Gasteiger partial charge in [0.1, 0.15) is 18.6 Å². The number of ether oxygens (including phenoxy) is 1. The largest absolute Gasteiger partial charge is 0.478 e. The third-order valence-corrected chi connectivity index (χ3v) is 3.04. The minimum Gasteiger partial charge on any atom is -0.478 e. The summed E-state index contributed by atoms with van der Waals surface area (Å²) in [4.78, 5) is 10.6. The van der Waals surface area contributed by atoms with Crippen LogP contribution in [0.1, 0.15) is 41.8 Å². The molecule has 0 saturated heterocycles. The summed E-state index contributed by atoms with van der Waals surface area (Å²) < 4.78 is 10.5. The van der Waals surface area contributed by atoms with Crippen molar-refractivity contribution in [1.29, 1.82) is 0 Å². The summed E-state index contributed by atoms with van der Waals surface area (Å²) in [6.07, 6.45) is 6.35. The number of carboxylic acids is 1. The molecule has 4 heteroatoms. The van der Waals surface area contributed by atoms with Gasteiger partial charge in [-0.2, -0.15) is 0 Å². The molecule has 1 aliphatic carbocycles. The molecule has 1 fully saturated rings. The van der Waals surface area contributed by atoms with E-state index in [1.54, 1.807) is 0 Å². The Kier molecular flexibility index (Phi) is 3.62. The zero-order chi connectivity index (χ0) is 11.4. The topological polar surface area (TPSA) is 59.7 Å². The number of rotatable bonds is 6. The van der Waals surface area contributed by atoms with E-state index in [1.165, 1.54) is 31.6 Å². The first-order valence-electron chi connectivity index (χ1n) is 5.64. The summed E-state index contributed by atoms with van der Waals surface area (Å²) in [5.41, 5.74) is 0.178. The molecule has 0 amide bonds. The van der Waals surface area contributed by atoms with Crippen LogP contribution in [0.15, 0.2) is 16.7 Å². The smallest absolute Gasteiger partial charge is 0.338 e. The van der Waals surface area contributed by atoms with Gasteiger partial charge in [0.25, 0.3) is 0 Å². The van der Waals surface area contributed by atoms with Crippen LogP contribution in [0.5, 0.6) is 0 Å². The van der Waals surface area contributed by atoms with Crippen molar-refractivity contribution in [2.45, 2.75) is 32.3 Å². The predicted molar refractivity (Wildman–Crippen MR) is 57.3 cm³/mol. The van der Waals surface area contributed by atoms with Crippen molar-refractivity contribution in [3.8, 4) is 0 Å². The van der Waals surface area contributed by atoms with Crippen LogP contribution in [-0.4, -0.2) is 17.7 Å². The summed E-state index contributed by atoms with van der Waals surface area (Å²) in [6, 6.07) is 1.51. The highest BCUT2D eigenvalue weighted by atomic mass is 16.5. The molecule has 0 atom stereocenters. The van der Waals surface area contributed by atoms with Gasteiger partial charge in [-0.25, -0.2) is 4.79 Å². The monoisotopic (exact) mass is 224 g/mol. The second kappa shape index (κ2) is 5.16. The number of hydrogen-bond donors (Lipinski definition) is 1. The molecule has 16 heavy (non-hydrogen) atoms. The first-order valence-corrected chi connectivity index (χ1v) is 5.64. The maximum absolute atomic E-state index is 10.6. The third-order valence-electron chi connectivity index (χ3n) is 3.04. The number of carboxylic acid groups (broad SMARTS) is 1. The Bertz CT molecular complexity index is 352. The first kappa shape index (κ1) is 11.2. The van der Waals surface area contributed by atoms with E-state index in [9.17, 15) is 4.79 Å². The van der Waals surface area contributed by atoms with Crippen molar-refractivity contribution < 1.29 is 19.1 Å². The summed E-state index contributed by atoms with van der Waals surface area (Å²) in [5, 5.41) is 8.68. The Morgan fingerprint density at radius 3 is 2.94 bits per heavy atom. The van der Waals surface area contributed by atoms with E-state index in [2.05, 4.69) is 0 Å². The van der Waals surface area contributed by atoms with Gasteiger partial charge in [-0.15, -0.1) is 0 Å². The lowest BCUT2D eigenvalue weighted by Gasteiger charge is -2.24. The van der Waals surface area contributed by atoms with Gasteiger partial charge in [0, 0.05) is 6.61 Å². The molecular formula is C12H16O4. The molecule has 0 aromatic carbocycles. The van der Waals surface area contributed by atoms with Gasteiger partial charge in [-0.3, -0.25) is 0 Å². The van der Waals surface area contributed by atoms with Gasteiger partial charge in [0.15, 0.2) is 0 Å². The molecule has 1 aromatic rings. The normalized spacial score (nSPS) is 16.0. The van der Waals surface area contributed by atoms with Crippen molar-refractivity contribution in [3.63, 3.8) is 0 Å². The van der Waals surface area contributed by atoms with Crippen molar-refractivity contribution in [3.05, 3.63) is 23.7 Å². The van der Waals surface area contributed by atoms with Gasteiger partial charge < -0.3 is 14.3 Å². The van der Waals surface area contributed by atoms with E-state index in [-0.39, 0.29) is 5.56 Å². The molecule has 0 unspecified atom stereocenters. The Labute approximate surface area is 94.2 Å². The fourth-order valence-electron chi connectivity index (χ4n) is 1.77. The zero-order valence-electron chi connectivity index (χ0n) is 9.15. The Balaban J connectivity index is 1.66. The van der Waals surface area contributed by atoms with Gasteiger partial charge in [0.2, 0.25) is 0 Å². The molecule has 1 saturated carbocycles. The van der Waals surface area contributed by atoms with Crippen LogP contribution in [0.25, 0.3) is 0 Å². The summed E-state index contributed by atoms with van der Waals surface area (Å²) in [7, 11) is 0. The lowest BCUT2D eigenvalue weighted by molar-refractivity contribution is 0.0696. The number of aromatic carboxylic acids is 1. The zero-order valence-corrected chi connectivity index (χ0v) is 9.15. The quantitative estimate of drug-likeness (QED) is 0.755. The van der Waals surface area contributed by atoms with Gasteiger partial charge in [0.05, 0.1) is 5.56 Å². The minimum absolute atomic E-state index is 0.178. The fraction of sp³-hybridized carbons (Fsp3) is 0.583. The van der Waals surface area contributed by atoms with Gasteiger partial charge >= 0.3 is 5.97 Å². The first-order chi connectivity index (χ1) is 7.75. The highest BCUT2D eigenvalue weighted by molar-refractivity contribution is 5.87. The molecular weight excluding hydrogens is 208 g/mol. The van der Waals surface area contributed by atoms with Gasteiger partial charge in [-0.1, -0.05) is 19.3 Å². The summed E-state index contributed by atoms with van der Waals surface area (Å²) >= 11 is 0. The lowest BCUT2D eigenvalue weighted by atomic mass is 9.83. The molecule has 0 radical (unpaired) electrons. The average Bonchev–Trinajstić information content (AvgIpc) is 2.63. The van der Waals surface area contributed by atoms with Crippen molar-refractivity contribution >= 4 is 5.97 Å². The molecule has 1 heterocycles. The van der Waals surface area contributed by atoms with Crippen molar-refractivity contribution in [2.24, 2.45) is 5.92 Å². The molecule has 0 aliphatic heterocycles. The van der Waals surface area contributed by atoms with Crippen LogP contribution >= 0.6 is 0 Å². The molecule has 1 aliphatic rings. The fourth-order valence-corrected chi connectivity index (χ4v) is 1.77. The lowest BCUT2D eigenvalue weighted by Crippen LogP contribution is -2.13. The SMILES string of the molecule is O=C(O)c1coc(COCCC2CCC2)c1. The number of furan rings is 1. The van der Waals surface area contributed by atoms with Gasteiger partial charge in [-0.05, 0) is 18.4 Å². The van der Waals surface area contributed by atoms with Crippen LogP contribution in [0.3, 0.4) is 0 Å². The number of hydrogen-bond acceptors (Lipinski definition) is 3. The minimum atomic E-state index is -0.968. The molecule has 0 spiro atoms. The van der Waals surface area contributed by atoms with E-state index >= 15 is 0 Å². The standard InChI is InChI=1S/C12H16O4/c13-12(14)10-6-11(16-7-10)8-15-5-4-9-2-1-3-9/h6-7,9H,1-5,8H2,(H,13,14). The van der Waals surface area contributed by atoms with E-state index in [0.29, 0.717) is 12.4 Å². The van der Waals surface area contributed by atoms with E-state index < -0.39 is 5.97 Å². The maximum atomic E-state index is 10.6. The highest BCUT2D eigenvalue weighted by Crippen LogP contribution is 2.29. The van der Waals surface area contributed by atoms with Crippen LogP contribution in [0, 0.1) is 5.92 Å². The number of carbonyl (C=O) groups is 1. The van der Waals surface area contributed by atoms with Crippen LogP contribution in [-0.2, 0) is 11.3 Å². The third kappa shape index (κ3) is 2.85. The average molecular weight is 224 g/mol. The van der Waals surface area contributed by atoms with E-state index in [4.69, 9.17) is 14.3 Å². The summed E-state index contributed by atoms with van der Waals surface area (Å²) in [6.45, 7) is 1.09. The Morgan fingerprint density at radius 1 is 1.56 bits per heavy atom. The maximum Gasteiger partial charge on any atom is 0.338 e. The molecule has 0 bridgehead atoms. The van der Waals surface area contributed by atoms with Crippen LogP contribution in [0.2, 0.25) is 0 Å². The predicted octanol–water partition coefficient (Wildman–Crippen LogP) is 2.68. The molecule has 1 aromatic heterocycles. The Hall–Kier alpha value is -1.29. The summed E-state index contributed by atoms with van der Waals surface area (Å²) in [5.74, 6) is 0.446. The molecule has 2 rings (SSSR count). The second-order valence-corrected chi connectivity index (χ2v) is 4.25. The van der Waals surface area contributed by atoms with E-state index in [1.807, 2.05) is 0 Å². The van der Waals surface area contributed by atoms with E-state index in [0.717, 1.165) is 18.9 Å². The molecule has 1 N–H and O–H groups in total. The van der Waals surface area contributed by atoms with Crippen LogP contribution < -0.4 is 0 Å². The van der Waals surface area contributed by atoms with Crippen LogP contribution in [0.4, 0.5) is 0 Å².